The fourth-order valence-electron chi connectivity index (χ4n) is 1.76. The van der Waals surface area contributed by atoms with E-state index in [0.717, 1.165) is 4.47 Å². The van der Waals surface area contributed by atoms with Crippen molar-refractivity contribution in [2.45, 2.75) is 30.6 Å². The molecule has 0 radical (unpaired) electrons. The van der Waals surface area contributed by atoms with Gasteiger partial charge in [-0.3, -0.25) is 0 Å². The van der Waals surface area contributed by atoms with Gasteiger partial charge in [0, 0.05) is 17.4 Å². The highest BCUT2D eigenvalue weighted by molar-refractivity contribution is 9.10. The lowest BCUT2D eigenvalue weighted by molar-refractivity contribution is 1.36. The van der Waals surface area contributed by atoms with E-state index < -0.39 is 8.07 Å². The van der Waals surface area contributed by atoms with Crippen molar-refractivity contribution in [2.75, 3.05) is 5.75 Å². The monoisotopic (exact) mass is 338 g/mol. The minimum atomic E-state index is -0.899. The van der Waals surface area contributed by atoms with E-state index in [-0.39, 0.29) is 0 Å². The zero-order valence-corrected chi connectivity index (χ0v) is 14.6. The minimum absolute atomic E-state index is 0.899. The van der Waals surface area contributed by atoms with Crippen LogP contribution < -0.4 is 0 Å². The summed E-state index contributed by atoms with van der Waals surface area (Å²) in [5.74, 6) is 1.25. The minimum Gasteiger partial charge on any atom is -0.126 e. The second kappa shape index (κ2) is 5.80. The Bertz CT molecular complexity index is 546. The molecule has 0 saturated heterocycles. The molecular weight excluding hydrogens is 320 g/mol. The Balaban J connectivity index is 2.08. The van der Waals surface area contributed by atoms with Gasteiger partial charge in [-0.15, -0.1) is 11.8 Å². The van der Waals surface area contributed by atoms with Crippen molar-refractivity contribution in [3.05, 3.63) is 40.9 Å². The lowest BCUT2D eigenvalue weighted by Gasteiger charge is -2.14. The van der Waals surface area contributed by atoms with Gasteiger partial charge < -0.3 is 0 Å². The van der Waals surface area contributed by atoms with Crippen molar-refractivity contribution in [3.63, 3.8) is 0 Å². The Morgan fingerprint density at radius 3 is 2.39 bits per heavy atom. The lowest BCUT2D eigenvalue weighted by atomic mass is 10.1. The van der Waals surface area contributed by atoms with Crippen LogP contribution in [0.2, 0.25) is 25.7 Å². The van der Waals surface area contributed by atoms with Crippen LogP contribution in [0.5, 0.6) is 0 Å². The highest BCUT2D eigenvalue weighted by atomic mass is 79.9. The third-order valence-electron chi connectivity index (χ3n) is 2.89. The molecule has 0 heterocycles. The van der Waals surface area contributed by atoms with Crippen LogP contribution in [0.25, 0.3) is 10.8 Å². The molecule has 18 heavy (non-hydrogen) atoms. The van der Waals surface area contributed by atoms with Crippen LogP contribution >= 0.6 is 27.7 Å². The topological polar surface area (TPSA) is 0 Å². The predicted octanol–water partition coefficient (Wildman–Crippen LogP) is 6.03. The number of fused-ring (bicyclic) bond motifs is 1. The molecule has 0 spiro atoms. The molecule has 2 aromatic rings. The second-order valence-corrected chi connectivity index (χ2v) is 13.5. The molecule has 0 aliphatic rings. The average molecular weight is 339 g/mol. The van der Waals surface area contributed by atoms with Gasteiger partial charge in [-0.05, 0) is 46.8 Å². The van der Waals surface area contributed by atoms with E-state index in [2.05, 4.69) is 72.0 Å². The summed E-state index contributed by atoms with van der Waals surface area (Å²) in [6, 6.07) is 14.6. The van der Waals surface area contributed by atoms with Gasteiger partial charge in [0.25, 0.3) is 0 Å². The molecule has 0 aliphatic carbocycles. The summed E-state index contributed by atoms with van der Waals surface area (Å²) in [6.45, 7) is 7.31. The maximum absolute atomic E-state index is 3.51. The third kappa shape index (κ3) is 4.14. The van der Waals surface area contributed by atoms with Crippen LogP contribution in [0, 0.1) is 0 Å². The molecule has 0 nitrogen and oxygen atoms in total. The molecular formula is C15H19BrSSi. The van der Waals surface area contributed by atoms with E-state index in [9.17, 15) is 0 Å². The number of hydrogen-bond acceptors (Lipinski definition) is 1. The predicted molar refractivity (Wildman–Crippen MR) is 90.5 cm³/mol. The van der Waals surface area contributed by atoms with Gasteiger partial charge in [0.15, 0.2) is 0 Å². The lowest BCUT2D eigenvalue weighted by Crippen LogP contribution is -2.19. The number of rotatable bonds is 4. The van der Waals surface area contributed by atoms with E-state index in [0.29, 0.717) is 0 Å². The van der Waals surface area contributed by atoms with Crippen LogP contribution in [-0.4, -0.2) is 13.8 Å². The molecule has 3 heteroatoms. The second-order valence-electron chi connectivity index (χ2n) is 5.81. The van der Waals surface area contributed by atoms with E-state index >= 15 is 0 Å². The molecule has 0 N–H and O–H groups in total. The van der Waals surface area contributed by atoms with Gasteiger partial charge in [-0.1, -0.05) is 47.7 Å². The Kier molecular flexibility index (Phi) is 4.57. The Morgan fingerprint density at radius 2 is 1.67 bits per heavy atom. The summed E-state index contributed by atoms with van der Waals surface area (Å²) in [6.07, 6.45) is 0. The van der Waals surface area contributed by atoms with Crippen molar-refractivity contribution in [1.29, 1.82) is 0 Å². The van der Waals surface area contributed by atoms with Crippen LogP contribution in [0.15, 0.2) is 45.8 Å². The number of halogens is 1. The van der Waals surface area contributed by atoms with Crippen LogP contribution in [0.3, 0.4) is 0 Å². The maximum atomic E-state index is 3.51. The van der Waals surface area contributed by atoms with Gasteiger partial charge in [0.05, 0.1) is 0 Å². The summed E-state index contributed by atoms with van der Waals surface area (Å²) in [5, 5.41) is 2.63. The number of benzene rings is 2. The third-order valence-corrected chi connectivity index (χ3v) is 6.50. The van der Waals surface area contributed by atoms with E-state index in [1.54, 1.807) is 0 Å². The molecule has 0 bridgehead atoms. The summed E-state index contributed by atoms with van der Waals surface area (Å²) in [5.41, 5.74) is 0. The molecule has 0 aromatic heterocycles. The van der Waals surface area contributed by atoms with Gasteiger partial charge in [0.2, 0.25) is 0 Å². The van der Waals surface area contributed by atoms with Crippen molar-refractivity contribution in [1.82, 2.24) is 0 Å². The van der Waals surface area contributed by atoms with Crippen molar-refractivity contribution in [3.8, 4) is 0 Å². The first-order valence-corrected chi connectivity index (χ1v) is 11.7. The Morgan fingerprint density at radius 1 is 1.00 bits per heavy atom. The largest absolute Gasteiger partial charge is 0.126 e. The summed E-state index contributed by atoms with van der Waals surface area (Å²) >= 11 is 5.50. The van der Waals surface area contributed by atoms with E-state index in [1.807, 2.05) is 11.8 Å². The van der Waals surface area contributed by atoms with Gasteiger partial charge in [-0.2, -0.15) is 0 Å². The van der Waals surface area contributed by atoms with Crippen molar-refractivity contribution < 1.29 is 0 Å². The average Bonchev–Trinajstić information content (AvgIpc) is 2.27. The maximum Gasteiger partial charge on any atom is 0.0450 e. The quantitative estimate of drug-likeness (QED) is 0.484. The molecule has 0 fully saturated rings. The van der Waals surface area contributed by atoms with Crippen LogP contribution in [0.4, 0.5) is 0 Å². The fourth-order valence-corrected chi connectivity index (χ4v) is 5.61. The molecule has 0 unspecified atom stereocenters. The van der Waals surface area contributed by atoms with Crippen molar-refractivity contribution in [2.24, 2.45) is 0 Å². The summed E-state index contributed by atoms with van der Waals surface area (Å²) in [4.78, 5) is 1.39. The Labute approximate surface area is 123 Å². The molecule has 2 aromatic carbocycles. The first kappa shape index (κ1) is 14.2. The van der Waals surface area contributed by atoms with Crippen LogP contribution in [-0.2, 0) is 0 Å². The van der Waals surface area contributed by atoms with Gasteiger partial charge in [-0.25, -0.2) is 0 Å². The zero-order valence-electron chi connectivity index (χ0n) is 11.2. The summed E-state index contributed by atoms with van der Waals surface area (Å²) < 4.78 is 1.15. The normalized spacial score (nSPS) is 12.0. The Hall–Kier alpha value is -0.253. The molecule has 0 amide bonds. The van der Waals surface area contributed by atoms with E-state index in [1.165, 1.54) is 27.5 Å². The smallest absolute Gasteiger partial charge is 0.0450 e. The molecule has 2 rings (SSSR count). The van der Waals surface area contributed by atoms with Crippen LogP contribution in [0.1, 0.15) is 0 Å². The molecule has 0 saturated carbocycles. The standard InChI is InChI=1S/C15H19BrSSi/c1-18(2,3)9-8-17-15-7-5-12-10-14(16)6-4-13(12)11-15/h4-7,10-11H,8-9H2,1-3H3. The fraction of sp³-hybridized carbons (Fsp3) is 0.333. The van der Waals surface area contributed by atoms with Gasteiger partial charge in [0.1, 0.15) is 0 Å². The molecule has 0 atom stereocenters. The van der Waals surface area contributed by atoms with Gasteiger partial charge >= 0.3 is 0 Å². The number of hydrogen-bond donors (Lipinski definition) is 0. The first-order valence-electron chi connectivity index (χ1n) is 6.26. The SMILES string of the molecule is C[Si](C)(C)CCSc1ccc2cc(Br)ccc2c1. The molecule has 96 valence electrons. The van der Waals surface area contributed by atoms with Crippen molar-refractivity contribution >= 4 is 46.5 Å². The van der Waals surface area contributed by atoms with E-state index in [4.69, 9.17) is 0 Å². The highest BCUT2D eigenvalue weighted by Gasteiger charge is 2.12. The summed E-state index contributed by atoms with van der Waals surface area (Å²) in [7, 11) is -0.899. The zero-order chi connectivity index (χ0) is 13.2. The highest BCUT2D eigenvalue weighted by Crippen LogP contribution is 2.27. The first-order chi connectivity index (χ1) is 8.44. The number of thioether (sulfide) groups is 1. The molecule has 0 aliphatic heterocycles.